The number of amides is 1. The summed E-state index contributed by atoms with van der Waals surface area (Å²) in [5.74, 6) is 1.45. The second kappa shape index (κ2) is 7.36. The van der Waals surface area contributed by atoms with E-state index in [1.54, 1.807) is 11.8 Å². The van der Waals surface area contributed by atoms with E-state index in [2.05, 4.69) is 10.3 Å². The average Bonchev–Trinajstić information content (AvgIpc) is 3.18. The molecule has 1 amide bonds. The van der Waals surface area contributed by atoms with E-state index in [0.29, 0.717) is 37.9 Å². The molecule has 2 aliphatic rings. The Morgan fingerprint density at radius 3 is 2.86 bits per heavy atom. The smallest absolute Gasteiger partial charge is 0.250 e. The average molecular weight is 394 g/mol. The van der Waals surface area contributed by atoms with Crippen molar-refractivity contribution in [1.29, 1.82) is 0 Å². The summed E-state index contributed by atoms with van der Waals surface area (Å²) in [7, 11) is 1.67. The predicted molar refractivity (Wildman–Crippen MR) is 105 cm³/mol. The Labute approximate surface area is 168 Å². The molecule has 0 saturated carbocycles. The normalized spacial score (nSPS) is 20.7. The van der Waals surface area contributed by atoms with Crippen molar-refractivity contribution in [2.24, 2.45) is 0 Å². The van der Waals surface area contributed by atoms with Crippen LogP contribution in [0.25, 0.3) is 11.0 Å². The van der Waals surface area contributed by atoms with Crippen LogP contribution in [0.15, 0.2) is 42.5 Å². The second-order valence-electron chi connectivity index (χ2n) is 7.16. The van der Waals surface area contributed by atoms with Gasteiger partial charge in [-0.1, -0.05) is 29.5 Å². The minimum Gasteiger partial charge on any atom is -0.486 e. The molecule has 3 heterocycles. The zero-order chi connectivity index (χ0) is 19.8. The molecule has 3 aromatic rings. The second-order valence-corrected chi connectivity index (χ2v) is 7.16. The van der Waals surface area contributed by atoms with Gasteiger partial charge in [0.05, 0.1) is 11.6 Å². The molecule has 150 valence electrons. The van der Waals surface area contributed by atoms with Crippen LogP contribution in [0.2, 0.25) is 0 Å². The van der Waals surface area contributed by atoms with Gasteiger partial charge in [0.25, 0.3) is 5.91 Å². The number of fused-ring (bicyclic) bond motifs is 2. The number of hydrogen-bond acceptors (Lipinski definition) is 6. The number of β-lactam (4-membered cyclic amide) rings is 1. The number of methoxy groups -OCH3 is 1. The summed E-state index contributed by atoms with van der Waals surface area (Å²) in [4.78, 5) is 15.0. The molecule has 5 rings (SSSR count). The number of likely N-dealkylation sites (tertiary alicyclic amines) is 1. The number of benzene rings is 2. The standard InChI is InChI=1S/C21H22N4O4/c1-27-11-5-10-24-18(14-6-4-9-17-20(14)29-13-12-28-17)19(21(24)26)25-16-8-3-2-7-15(16)22-23-25/h2-4,6-9,18-19H,5,10-13H2,1H3/t18-,19+/m1/s1. The number of carbonyl (C=O) groups excluding carboxylic acids is 1. The van der Waals surface area contributed by atoms with E-state index in [1.807, 2.05) is 47.4 Å². The summed E-state index contributed by atoms with van der Waals surface area (Å²) >= 11 is 0. The molecular weight excluding hydrogens is 372 g/mol. The summed E-state index contributed by atoms with van der Waals surface area (Å²) in [5, 5.41) is 8.55. The fraction of sp³-hybridized carbons (Fsp3) is 0.381. The zero-order valence-corrected chi connectivity index (χ0v) is 16.2. The minimum atomic E-state index is -0.470. The summed E-state index contributed by atoms with van der Waals surface area (Å²) in [5.41, 5.74) is 2.55. The maximum absolute atomic E-state index is 13.2. The van der Waals surface area contributed by atoms with Gasteiger partial charge in [-0.2, -0.15) is 0 Å². The van der Waals surface area contributed by atoms with Crippen molar-refractivity contribution in [2.45, 2.75) is 18.5 Å². The number of nitrogens with zero attached hydrogens (tertiary/aromatic N) is 4. The Morgan fingerprint density at radius 2 is 1.97 bits per heavy atom. The van der Waals surface area contributed by atoms with Crippen molar-refractivity contribution < 1.29 is 19.0 Å². The first-order chi connectivity index (χ1) is 14.3. The number of aromatic nitrogens is 3. The molecule has 0 aliphatic carbocycles. The molecule has 8 nitrogen and oxygen atoms in total. The van der Waals surface area contributed by atoms with Gasteiger partial charge in [-0.25, -0.2) is 4.68 Å². The SMILES string of the molecule is COCCCN1C(=O)[C@@H](n2nnc3ccccc32)[C@H]1c1cccc2c1OCCO2. The van der Waals surface area contributed by atoms with Gasteiger partial charge in [0, 0.05) is 25.8 Å². The molecule has 2 aliphatic heterocycles. The van der Waals surface area contributed by atoms with Crippen molar-refractivity contribution in [3.63, 3.8) is 0 Å². The monoisotopic (exact) mass is 394 g/mol. The van der Waals surface area contributed by atoms with Gasteiger partial charge in [0.15, 0.2) is 17.5 Å². The number of para-hydroxylation sites is 2. The number of rotatable bonds is 6. The van der Waals surface area contributed by atoms with E-state index in [0.717, 1.165) is 23.0 Å². The van der Waals surface area contributed by atoms with Crippen LogP contribution in [0.5, 0.6) is 11.5 Å². The van der Waals surface area contributed by atoms with E-state index in [9.17, 15) is 4.79 Å². The lowest BCUT2D eigenvalue weighted by Crippen LogP contribution is -2.56. The highest BCUT2D eigenvalue weighted by Gasteiger charge is 2.51. The molecule has 29 heavy (non-hydrogen) atoms. The molecule has 8 heteroatoms. The maximum Gasteiger partial charge on any atom is 0.250 e. The Balaban J connectivity index is 1.57. The van der Waals surface area contributed by atoms with Gasteiger partial charge in [-0.05, 0) is 24.6 Å². The lowest BCUT2D eigenvalue weighted by molar-refractivity contribution is -0.156. The number of hydrogen-bond donors (Lipinski definition) is 0. The van der Waals surface area contributed by atoms with Crippen LogP contribution in [0.3, 0.4) is 0 Å². The predicted octanol–water partition coefficient (Wildman–Crippen LogP) is 2.36. The molecule has 1 aromatic heterocycles. The topological polar surface area (TPSA) is 78.7 Å². The Morgan fingerprint density at radius 1 is 1.10 bits per heavy atom. The van der Waals surface area contributed by atoms with E-state index < -0.39 is 6.04 Å². The zero-order valence-electron chi connectivity index (χ0n) is 16.2. The third-order valence-corrected chi connectivity index (χ3v) is 5.47. The quantitative estimate of drug-likeness (QED) is 0.472. The Bertz CT molecular complexity index is 1050. The molecule has 0 spiro atoms. The van der Waals surface area contributed by atoms with E-state index in [1.165, 1.54) is 0 Å². The third kappa shape index (κ3) is 2.91. The van der Waals surface area contributed by atoms with Crippen LogP contribution in [-0.4, -0.2) is 59.3 Å². The van der Waals surface area contributed by atoms with Crippen molar-refractivity contribution in [3.8, 4) is 11.5 Å². The van der Waals surface area contributed by atoms with Gasteiger partial charge in [0.1, 0.15) is 18.7 Å². The largest absolute Gasteiger partial charge is 0.486 e. The Hall–Kier alpha value is -3.13. The van der Waals surface area contributed by atoms with Crippen LogP contribution < -0.4 is 9.47 Å². The molecule has 0 radical (unpaired) electrons. The van der Waals surface area contributed by atoms with Crippen LogP contribution in [0, 0.1) is 0 Å². The fourth-order valence-corrected chi connectivity index (χ4v) is 4.16. The van der Waals surface area contributed by atoms with Crippen molar-refractivity contribution in [1.82, 2.24) is 19.9 Å². The lowest BCUT2D eigenvalue weighted by atomic mass is 9.87. The van der Waals surface area contributed by atoms with Gasteiger partial charge in [0.2, 0.25) is 0 Å². The first-order valence-electron chi connectivity index (χ1n) is 9.77. The highest BCUT2D eigenvalue weighted by Crippen LogP contribution is 2.49. The Kier molecular flexibility index (Phi) is 4.55. The number of ether oxygens (including phenoxy) is 3. The first kappa shape index (κ1) is 17.9. The van der Waals surface area contributed by atoms with Crippen LogP contribution in [-0.2, 0) is 9.53 Å². The molecule has 1 fully saturated rings. The number of carbonyl (C=O) groups is 1. The van der Waals surface area contributed by atoms with Gasteiger partial charge in [-0.15, -0.1) is 5.10 Å². The summed E-state index contributed by atoms with van der Waals surface area (Å²) < 4.78 is 18.6. The highest BCUT2D eigenvalue weighted by molar-refractivity contribution is 5.90. The maximum atomic E-state index is 13.2. The van der Waals surface area contributed by atoms with E-state index in [4.69, 9.17) is 14.2 Å². The lowest BCUT2D eigenvalue weighted by Gasteiger charge is -2.47. The molecule has 0 bridgehead atoms. The molecule has 0 N–H and O–H groups in total. The molecule has 2 aromatic carbocycles. The molecule has 2 atom stereocenters. The highest BCUT2D eigenvalue weighted by atomic mass is 16.6. The minimum absolute atomic E-state index is 0.0242. The van der Waals surface area contributed by atoms with Crippen molar-refractivity contribution in [3.05, 3.63) is 48.0 Å². The summed E-state index contributed by atoms with van der Waals surface area (Å²) in [6, 6.07) is 12.8. The van der Waals surface area contributed by atoms with Crippen molar-refractivity contribution in [2.75, 3.05) is 33.5 Å². The van der Waals surface area contributed by atoms with Crippen LogP contribution in [0.1, 0.15) is 24.1 Å². The van der Waals surface area contributed by atoms with Crippen molar-refractivity contribution >= 4 is 16.9 Å². The van der Waals surface area contributed by atoms with E-state index >= 15 is 0 Å². The third-order valence-electron chi connectivity index (χ3n) is 5.47. The summed E-state index contributed by atoms with van der Waals surface area (Å²) in [6.07, 6.45) is 0.760. The first-order valence-corrected chi connectivity index (χ1v) is 9.77. The summed E-state index contributed by atoms with van der Waals surface area (Å²) in [6.45, 7) is 2.21. The van der Waals surface area contributed by atoms with Gasteiger partial charge < -0.3 is 19.1 Å². The van der Waals surface area contributed by atoms with Crippen LogP contribution >= 0.6 is 0 Å². The van der Waals surface area contributed by atoms with Gasteiger partial charge >= 0.3 is 0 Å². The molecule has 0 unspecified atom stereocenters. The van der Waals surface area contributed by atoms with Crippen LogP contribution in [0.4, 0.5) is 0 Å². The molecule has 1 saturated heterocycles. The van der Waals surface area contributed by atoms with Gasteiger partial charge in [-0.3, -0.25) is 4.79 Å². The molecular formula is C21H22N4O4. The van der Waals surface area contributed by atoms with E-state index in [-0.39, 0.29) is 11.9 Å². The fourth-order valence-electron chi connectivity index (χ4n) is 4.16.